The Kier molecular flexibility index (Phi) is 8.30. The van der Waals surface area contributed by atoms with Crippen LogP contribution in [0.4, 0.5) is 5.69 Å². The molecule has 7 nitrogen and oxygen atoms in total. The van der Waals surface area contributed by atoms with Gasteiger partial charge < -0.3 is 24.8 Å². The molecular weight excluding hydrogens is 452 g/mol. The molecule has 2 N–H and O–H groups in total. The first-order valence-electron chi connectivity index (χ1n) is 9.99. The number of allylic oxidation sites excluding steroid dienone is 1. The van der Waals surface area contributed by atoms with Crippen molar-refractivity contribution in [2.24, 2.45) is 0 Å². The Morgan fingerprint density at radius 3 is 2.59 bits per heavy atom. The number of amides is 2. The number of carbonyl (C=O) groups is 2. The minimum atomic E-state index is -0.325. The molecular formula is C23H25ClN2O5S. The summed E-state index contributed by atoms with van der Waals surface area (Å²) < 4.78 is 16.0. The van der Waals surface area contributed by atoms with Crippen molar-refractivity contribution in [1.29, 1.82) is 0 Å². The van der Waals surface area contributed by atoms with E-state index in [1.807, 2.05) is 18.2 Å². The number of halogens is 1. The first-order valence-corrected chi connectivity index (χ1v) is 11.4. The van der Waals surface area contributed by atoms with Crippen molar-refractivity contribution < 1.29 is 23.8 Å². The van der Waals surface area contributed by atoms with E-state index in [4.69, 9.17) is 25.8 Å². The summed E-state index contributed by atoms with van der Waals surface area (Å²) >= 11 is 7.53. The number of hydrogen-bond donors (Lipinski definition) is 2. The van der Waals surface area contributed by atoms with Crippen LogP contribution in [0, 0.1) is 0 Å². The minimum absolute atomic E-state index is 0.310. The molecule has 0 aromatic heterocycles. The molecule has 0 radical (unpaired) electrons. The summed E-state index contributed by atoms with van der Waals surface area (Å²) in [6.45, 7) is 2.72. The molecule has 0 aliphatic carbocycles. The molecule has 170 valence electrons. The number of hydrogen-bond acceptors (Lipinski definition) is 6. The van der Waals surface area contributed by atoms with Crippen LogP contribution in [0.15, 0.2) is 47.1 Å². The van der Waals surface area contributed by atoms with Gasteiger partial charge in [-0.15, -0.1) is 11.8 Å². The van der Waals surface area contributed by atoms with Gasteiger partial charge in [0.25, 0.3) is 11.8 Å². The van der Waals surface area contributed by atoms with E-state index in [1.165, 1.54) is 11.8 Å². The lowest BCUT2D eigenvalue weighted by Crippen LogP contribution is -2.27. The average molecular weight is 477 g/mol. The number of ether oxygens (including phenoxy) is 3. The fourth-order valence-corrected chi connectivity index (χ4v) is 4.17. The van der Waals surface area contributed by atoms with Crippen LogP contribution in [0.25, 0.3) is 0 Å². The highest BCUT2D eigenvalue weighted by molar-refractivity contribution is 8.04. The smallest absolute Gasteiger partial charge is 0.265 e. The second kappa shape index (κ2) is 11.2. The number of methoxy groups -OCH3 is 2. The summed E-state index contributed by atoms with van der Waals surface area (Å²) in [5.74, 6) is 1.91. The van der Waals surface area contributed by atoms with Crippen LogP contribution in [0.3, 0.4) is 0 Å². The summed E-state index contributed by atoms with van der Waals surface area (Å²) in [5.41, 5.74) is 1.66. The highest BCUT2D eigenvalue weighted by Crippen LogP contribution is 2.29. The lowest BCUT2D eigenvalue weighted by molar-refractivity contribution is -0.112. The van der Waals surface area contributed by atoms with E-state index in [-0.39, 0.29) is 11.8 Å². The molecule has 0 atom stereocenters. The van der Waals surface area contributed by atoms with E-state index < -0.39 is 0 Å². The predicted octanol–water partition coefficient (Wildman–Crippen LogP) is 4.26. The monoisotopic (exact) mass is 476 g/mol. The van der Waals surface area contributed by atoms with Crippen LogP contribution < -0.4 is 20.1 Å². The van der Waals surface area contributed by atoms with Crippen LogP contribution in [0.5, 0.6) is 11.5 Å². The van der Waals surface area contributed by atoms with Gasteiger partial charge in [-0.25, -0.2) is 0 Å². The number of benzene rings is 2. The number of thioether (sulfide) groups is 1. The topological polar surface area (TPSA) is 85.9 Å². The van der Waals surface area contributed by atoms with Crippen LogP contribution in [0.1, 0.15) is 22.8 Å². The van der Waals surface area contributed by atoms with Gasteiger partial charge >= 0.3 is 0 Å². The van der Waals surface area contributed by atoms with Gasteiger partial charge in [0, 0.05) is 17.3 Å². The number of anilines is 1. The molecule has 0 unspecified atom stereocenters. The van der Waals surface area contributed by atoms with E-state index in [2.05, 4.69) is 10.6 Å². The normalized spacial score (nSPS) is 13.2. The van der Waals surface area contributed by atoms with Crippen molar-refractivity contribution in [3.8, 4) is 11.5 Å². The van der Waals surface area contributed by atoms with Crippen LogP contribution >= 0.6 is 23.4 Å². The van der Waals surface area contributed by atoms with Crippen molar-refractivity contribution in [3.63, 3.8) is 0 Å². The lowest BCUT2D eigenvalue weighted by atomic mass is 10.1. The second-order valence-corrected chi connectivity index (χ2v) is 8.46. The largest absolute Gasteiger partial charge is 0.496 e. The highest BCUT2D eigenvalue weighted by atomic mass is 35.5. The summed E-state index contributed by atoms with van der Waals surface area (Å²) in [6.07, 6.45) is 0.599. The van der Waals surface area contributed by atoms with Gasteiger partial charge in [-0.2, -0.15) is 0 Å². The quantitative estimate of drug-likeness (QED) is 0.592. The molecule has 0 fully saturated rings. The van der Waals surface area contributed by atoms with Crippen LogP contribution in [-0.2, 0) is 16.0 Å². The molecule has 2 aromatic rings. The molecule has 0 bridgehead atoms. The highest BCUT2D eigenvalue weighted by Gasteiger charge is 2.21. The number of nitrogens with one attached hydrogen (secondary N) is 2. The van der Waals surface area contributed by atoms with E-state index >= 15 is 0 Å². The van der Waals surface area contributed by atoms with Gasteiger partial charge in [0.2, 0.25) is 0 Å². The zero-order chi connectivity index (χ0) is 23.1. The predicted molar refractivity (Wildman–Crippen MR) is 127 cm³/mol. The van der Waals surface area contributed by atoms with Crippen molar-refractivity contribution >= 4 is 40.9 Å². The zero-order valence-electron chi connectivity index (χ0n) is 18.1. The Hall–Kier alpha value is -2.84. The molecule has 1 aliphatic rings. The Morgan fingerprint density at radius 1 is 1.09 bits per heavy atom. The first-order chi connectivity index (χ1) is 15.4. The molecule has 9 heteroatoms. The maximum atomic E-state index is 12.8. The molecule has 0 saturated carbocycles. The zero-order valence-corrected chi connectivity index (χ0v) is 19.7. The summed E-state index contributed by atoms with van der Waals surface area (Å²) in [6, 6.07) is 10.4. The van der Waals surface area contributed by atoms with E-state index in [1.54, 1.807) is 39.3 Å². The van der Waals surface area contributed by atoms with Gasteiger partial charge in [0.05, 0.1) is 32.1 Å². The molecule has 0 saturated heterocycles. The van der Waals surface area contributed by atoms with Crippen molar-refractivity contribution in [2.45, 2.75) is 13.3 Å². The maximum absolute atomic E-state index is 12.8. The Balaban J connectivity index is 1.67. The lowest BCUT2D eigenvalue weighted by Gasteiger charge is -2.18. The third-order valence-electron chi connectivity index (χ3n) is 4.80. The third kappa shape index (κ3) is 5.89. The molecule has 2 amide bonds. The van der Waals surface area contributed by atoms with Crippen LogP contribution in [-0.4, -0.2) is 44.9 Å². The Labute approximate surface area is 196 Å². The Morgan fingerprint density at radius 2 is 1.88 bits per heavy atom. The molecule has 1 heterocycles. The number of carbonyl (C=O) groups excluding carboxylic acids is 2. The Bertz CT molecular complexity index is 1040. The summed E-state index contributed by atoms with van der Waals surface area (Å²) in [7, 11) is 3.16. The maximum Gasteiger partial charge on any atom is 0.265 e. The van der Waals surface area contributed by atoms with Gasteiger partial charge in [0.15, 0.2) is 11.5 Å². The van der Waals surface area contributed by atoms with Crippen molar-refractivity contribution in [1.82, 2.24) is 5.32 Å². The van der Waals surface area contributed by atoms with Crippen molar-refractivity contribution in [3.05, 3.63) is 63.2 Å². The standard InChI is InChI=1S/C23H25ClN2O5S/c1-14-21(32-11-10-31-14)23(28)26-18-13-16(24)5-6-17(18)22(27)25-9-8-15-4-7-19(29-2)20(12-15)30-3/h4-7,12-13H,8-11H2,1-3H3,(H,25,27)(H,26,28). The fourth-order valence-electron chi connectivity index (χ4n) is 3.18. The second-order valence-electron chi connectivity index (χ2n) is 6.92. The van der Waals surface area contributed by atoms with Gasteiger partial charge in [-0.3, -0.25) is 9.59 Å². The third-order valence-corrected chi connectivity index (χ3v) is 6.16. The fraction of sp³-hybridized carbons (Fsp3) is 0.304. The van der Waals surface area contributed by atoms with Crippen molar-refractivity contribution in [2.75, 3.05) is 38.4 Å². The molecule has 32 heavy (non-hydrogen) atoms. The molecule has 1 aliphatic heterocycles. The number of rotatable bonds is 8. The minimum Gasteiger partial charge on any atom is -0.496 e. The molecule has 2 aromatic carbocycles. The van der Waals surface area contributed by atoms with E-state index in [0.717, 1.165) is 5.56 Å². The van der Waals surface area contributed by atoms with Gasteiger partial charge in [-0.05, 0) is 49.2 Å². The SMILES string of the molecule is COc1ccc(CCNC(=O)c2ccc(Cl)cc2NC(=O)C2=C(C)OCCS2)cc1OC. The average Bonchev–Trinajstić information content (AvgIpc) is 2.79. The van der Waals surface area contributed by atoms with Gasteiger partial charge in [0.1, 0.15) is 10.7 Å². The summed E-state index contributed by atoms with van der Waals surface area (Å²) in [5, 5.41) is 6.10. The molecule has 0 spiro atoms. The van der Waals surface area contributed by atoms with E-state index in [9.17, 15) is 9.59 Å². The van der Waals surface area contributed by atoms with E-state index in [0.29, 0.717) is 63.8 Å². The first kappa shape index (κ1) is 23.8. The molecule has 3 rings (SSSR count). The van der Waals surface area contributed by atoms with Crippen LogP contribution in [0.2, 0.25) is 5.02 Å². The van der Waals surface area contributed by atoms with Gasteiger partial charge in [-0.1, -0.05) is 17.7 Å². The summed E-state index contributed by atoms with van der Waals surface area (Å²) in [4.78, 5) is 26.0.